The van der Waals surface area contributed by atoms with Gasteiger partial charge in [0.05, 0.1) is 32.4 Å². The summed E-state index contributed by atoms with van der Waals surface area (Å²) in [6.07, 6.45) is 2.02. The first-order chi connectivity index (χ1) is 14.6. The predicted molar refractivity (Wildman–Crippen MR) is 118 cm³/mol. The van der Waals surface area contributed by atoms with Crippen LogP contribution in [0.4, 0.5) is 0 Å². The van der Waals surface area contributed by atoms with E-state index in [9.17, 15) is 4.79 Å². The maximum absolute atomic E-state index is 13.0. The van der Waals surface area contributed by atoms with Gasteiger partial charge in [0.25, 0.3) is 0 Å². The highest BCUT2D eigenvalue weighted by Crippen LogP contribution is 2.28. The van der Waals surface area contributed by atoms with Crippen molar-refractivity contribution in [2.24, 2.45) is 0 Å². The van der Waals surface area contributed by atoms with Gasteiger partial charge in [-0.05, 0) is 54.8 Å². The van der Waals surface area contributed by atoms with Gasteiger partial charge < -0.3 is 14.4 Å². The van der Waals surface area contributed by atoms with Crippen molar-refractivity contribution in [3.05, 3.63) is 89.2 Å². The fraction of sp³-hybridized carbons (Fsp3) is 0.280. The van der Waals surface area contributed by atoms with Crippen LogP contribution < -0.4 is 9.47 Å². The Morgan fingerprint density at radius 1 is 0.967 bits per heavy atom. The van der Waals surface area contributed by atoms with E-state index < -0.39 is 0 Å². The molecule has 0 saturated carbocycles. The number of amides is 1. The molecule has 0 fully saturated rings. The van der Waals surface area contributed by atoms with Gasteiger partial charge in [0.2, 0.25) is 5.91 Å². The van der Waals surface area contributed by atoms with E-state index in [1.54, 1.807) is 13.3 Å². The molecule has 0 bridgehead atoms. The minimum Gasteiger partial charge on any atom is -0.493 e. The highest BCUT2D eigenvalue weighted by molar-refractivity contribution is 5.76. The van der Waals surface area contributed by atoms with E-state index in [-0.39, 0.29) is 18.9 Å². The van der Waals surface area contributed by atoms with Crippen molar-refractivity contribution in [1.82, 2.24) is 9.88 Å². The molecule has 0 N–H and O–H groups in total. The lowest BCUT2D eigenvalue weighted by atomic mass is 10.1. The Labute approximate surface area is 178 Å². The molecule has 156 valence electrons. The number of hydrogen-bond donors (Lipinski definition) is 0. The van der Waals surface area contributed by atoms with Crippen LogP contribution in [0.15, 0.2) is 66.9 Å². The third-order valence-electron chi connectivity index (χ3n) is 4.95. The monoisotopic (exact) mass is 404 g/mol. The van der Waals surface area contributed by atoms with Gasteiger partial charge in [-0.1, -0.05) is 36.4 Å². The van der Waals surface area contributed by atoms with Crippen LogP contribution in [0.1, 0.15) is 28.8 Å². The number of rotatable bonds is 9. The van der Waals surface area contributed by atoms with Crippen molar-refractivity contribution in [2.45, 2.75) is 33.4 Å². The molecule has 0 radical (unpaired) electrons. The van der Waals surface area contributed by atoms with Crippen LogP contribution in [0.5, 0.6) is 11.5 Å². The standard InChI is InChI=1S/C25H28N2O3/c1-19-11-12-23(24(16-19)29-3)30-15-13-25(28)27(18-22-10-6-7-14-26-22)17-21-9-5-4-8-20(21)2/h4-12,14,16H,13,15,17-18H2,1-3H3. The fourth-order valence-electron chi connectivity index (χ4n) is 3.21. The number of carbonyl (C=O) groups is 1. The van der Waals surface area contributed by atoms with E-state index in [2.05, 4.69) is 24.0 Å². The Bertz CT molecular complexity index is 973. The predicted octanol–water partition coefficient (Wildman–Crippen LogP) is 4.70. The topological polar surface area (TPSA) is 51.7 Å². The lowest BCUT2D eigenvalue weighted by Crippen LogP contribution is -2.31. The zero-order valence-electron chi connectivity index (χ0n) is 17.8. The maximum atomic E-state index is 13.0. The van der Waals surface area contributed by atoms with Crippen LogP contribution in [-0.4, -0.2) is 29.5 Å². The van der Waals surface area contributed by atoms with Gasteiger partial charge in [0.1, 0.15) is 0 Å². The van der Waals surface area contributed by atoms with Crippen molar-refractivity contribution in [1.29, 1.82) is 0 Å². The number of methoxy groups -OCH3 is 1. The van der Waals surface area contributed by atoms with E-state index in [1.165, 1.54) is 0 Å². The summed E-state index contributed by atoms with van der Waals surface area (Å²) < 4.78 is 11.2. The van der Waals surface area contributed by atoms with Crippen molar-refractivity contribution in [3.8, 4) is 11.5 Å². The van der Waals surface area contributed by atoms with Crippen LogP contribution >= 0.6 is 0 Å². The Morgan fingerprint density at radius 3 is 2.50 bits per heavy atom. The van der Waals surface area contributed by atoms with Gasteiger partial charge in [0.15, 0.2) is 11.5 Å². The molecule has 1 aromatic heterocycles. The number of nitrogens with zero attached hydrogens (tertiary/aromatic N) is 2. The summed E-state index contributed by atoms with van der Waals surface area (Å²) >= 11 is 0. The van der Waals surface area contributed by atoms with Crippen LogP contribution in [-0.2, 0) is 17.9 Å². The number of benzene rings is 2. The second-order valence-electron chi connectivity index (χ2n) is 7.25. The molecule has 0 aliphatic heterocycles. The van der Waals surface area contributed by atoms with Crippen LogP contribution in [0.3, 0.4) is 0 Å². The Balaban J connectivity index is 1.68. The summed E-state index contributed by atoms with van der Waals surface area (Å²) in [5.74, 6) is 1.34. The van der Waals surface area contributed by atoms with E-state index in [1.807, 2.05) is 60.4 Å². The molecule has 5 nitrogen and oxygen atoms in total. The average Bonchev–Trinajstić information content (AvgIpc) is 2.76. The molecule has 0 unspecified atom stereocenters. The van der Waals surface area contributed by atoms with E-state index >= 15 is 0 Å². The van der Waals surface area contributed by atoms with Gasteiger partial charge >= 0.3 is 0 Å². The normalized spacial score (nSPS) is 10.5. The molecular formula is C25H28N2O3. The molecule has 0 atom stereocenters. The zero-order valence-corrected chi connectivity index (χ0v) is 17.8. The quantitative estimate of drug-likeness (QED) is 0.518. The van der Waals surface area contributed by atoms with Gasteiger partial charge in [-0.3, -0.25) is 9.78 Å². The van der Waals surface area contributed by atoms with Gasteiger partial charge in [0, 0.05) is 12.7 Å². The Kier molecular flexibility index (Phi) is 7.44. The molecule has 3 aromatic rings. The number of aryl methyl sites for hydroxylation is 2. The Morgan fingerprint density at radius 2 is 1.77 bits per heavy atom. The van der Waals surface area contributed by atoms with E-state index in [0.717, 1.165) is 22.4 Å². The second kappa shape index (κ2) is 10.4. The molecular weight excluding hydrogens is 376 g/mol. The van der Waals surface area contributed by atoms with Crippen LogP contribution in [0, 0.1) is 13.8 Å². The fourth-order valence-corrected chi connectivity index (χ4v) is 3.21. The van der Waals surface area contributed by atoms with E-state index in [0.29, 0.717) is 24.6 Å². The highest BCUT2D eigenvalue weighted by atomic mass is 16.5. The lowest BCUT2D eigenvalue weighted by Gasteiger charge is -2.23. The summed E-state index contributed by atoms with van der Waals surface area (Å²) in [6.45, 7) is 5.34. The largest absolute Gasteiger partial charge is 0.493 e. The maximum Gasteiger partial charge on any atom is 0.226 e. The first-order valence-corrected chi connectivity index (χ1v) is 10.1. The first-order valence-electron chi connectivity index (χ1n) is 10.1. The molecule has 0 spiro atoms. The molecule has 5 heteroatoms. The summed E-state index contributed by atoms with van der Waals surface area (Å²) in [4.78, 5) is 19.3. The highest BCUT2D eigenvalue weighted by Gasteiger charge is 2.17. The SMILES string of the molecule is COc1cc(C)ccc1OCCC(=O)N(Cc1ccccn1)Cc1ccccc1C. The summed E-state index contributed by atoms with van der Waals surface area (Å²) in [7, 11) is 1.61. The average molecular weight is 405 g/mol. The minimum atomic E-state index is 0.0231. The third kappa shape index (κ3) is 5.83. The molecule has 30 heavy (non-hydrogen) atoms. The second-order valence-corrected chi connectivity index (χ2v) is 7.25. The number of pyridine rings is 1. The van der Waals surface area contributed by atoms with Crippen molar-refractivity contribution in [2.75, 3.05) is 13.7 Å². The molecule has 0 aliphatic carbocycles. The summed E-state index contributed by atoms with van der Waals surface area (Å²) in [6, 6.07) is 19.6. The smallest absolute Gasteiger partial charge is 0.226 e. The lowest BCUT2D eigenvalue weighted by molar-refractivity contribution is -0.133. The van der Waals surface area contributed by atoms with Crippen molar-refractivity contribution >= 4 is 5.91 Å². The van der Waals surface area contributed by atoms with Crippen LogP contribution in [0.2, 0.25) is 0 Å². The number of hydrogen-bond acceptors (Lipinski definition) is 4. The molecule has 0 aliphatic rings. The van der Waals surface area contributed by atoms with Crippen molar-refractivity contribution < 1.29 is 14.3 Å². The summed E-state index contributed by atoms with van der Waals surface area (Å²) in [5, 5.41) is 0. The first kappa shape index (κ1) is 21.4. The third-order valence-corrected chi connectivity index (χ3v) is 4.95. The summed E-state index contributed by atoms with van der Waals surface area (Å²) in [5.41, 5.74) is 4.25. The Hall–Kier alpha value is -3.34. The molecule has 1 amide bonds. The number of aromatic nitrogens is 1. The zero-order chi connectivity index (χ0) is 21.3. The van der Waals surface area contributed by atoms with Gasteiger partial charge in [-0.2, -0.15) is 0 Å². The number of ether oxygens (including phenoxy) is 2. The molecule has 3 rings (SSSR count). The molecule has 1 heterocycles. The molecule has 2 aromatic carbocycles. The van der Waals surface area contributed by atoms with Crippen molar-refractivity contribution in [3.63, 3.8) is 0 Å². The van der Waals surface area contributed by atoms with E-state index in [4.69, 9.17) is 9.47 Å². The van der Waals surface area contributed by atoms with Gasteiger partial charge in [-0.25, -0.2) is 0 Å². The molecule has 0 saturated heterocycles. The minimum absolute atomic E-state index is 0.0231. The van der Waals surface area contributed by atoms with Crippen LogP contribution in [0.25, 0.3) is 0 Å². The van der Waals surface area contributed by atoms with Gasteiger partial charge in [-0.15, -0.1) is 0 Å². The number of carbonyl (C=O) groups excluding carboxylic acids is 1.